The molecule has 0 atom stereocenters. The van der Waals surface area contributed by atoms with Gasteiger partial charge in [0, 0.05) is 5.56 Å². The quantitative estimate of drug-likeness (QED) is 0.531. The van der Waals surface area contributed by atoms with Crippen molar-refractivity contribution in [3.8, 4) is 11.5 Å². The van der Waals surface area contributed by atoms with Gasteiger partial charge in [0.25, 0.3) is 5.91 Å². The third-order valence-electron chi connectivity index (χ3n) is 3.96. The van der Waals surface area contributed by atoms with Gasteiger partial charge in [0.2, 0.25) is 5.89 Å². The second-order valence-corrected chi connectivity index (χ2v) is 6.06. The van der Waals surface area contributed by atoms with Crippen LogP contribution in [0.3, 0.4) is 0 Å². The molecule has 0 radical (unpaired) electrons. The minimum atomic E-state index is -0.353. The summed E-state index contributed by atoms with van der Waals surface area (Å²) in [4.78, 5) is 12.5. The molecule has 0 saturated heterocycles. The second-order valence-electron chi connectivity index (χ2n) is 6.06. The maximum absolute atomic E-state index is 12.5. The predicted octanol–water partition coefficient (Wildman–Crippen LogP) is 4.71. The molecule has 0 aliphatic heterocycles. The molecule has 6 nitrogen and oxygen atoms in total. The number of rotatable bonds is 6. The highest BCUT2D eigenvalue weighted by Crippen LogP contribution is 2.22. The van der Waals surface area contributed by atoms with E-state index in [0.717, 1.165) is 5.56 Å². The molecule has 0 aliphatic carbocycles. The van der Waals surface area contributed by atoms with Crippen molar-refractivity contribution in [1.82, 2.24) is 10.2 Å². The zero-order valence-corrected chi connectivity index (χ0v) is 14.9. The Kier molecular flexibility index (Phi) is 5.11. The number of para-hydroxylation sites is 1. The highest BCUT2D eigenvalue weighted by atomic mass is 16.5. The first kappa shape index (κ1) is 17.5. The van der Waals surface area contributed by atoms with E-state index in [0.29, 0.717) is 29.4 Å². The van der Waals surface area contributed by atoms with E-state index >= 15 is 0 Å². The molecule has 1 aromatic heterocycles. The van der Waals surface area contributed by atoms with Crippen molar-refractivity contribution in [3.05, 3.63) is 102 Å². The normalized spacial score (nSPS) is 10.4. The maximum Gasteiger partial charge on any atom is 0.322 e. The summed E-state index contributed by atoms with van der Waals surface area (Å²) in [6.45, 7) is 0. The lowest BCUT2D eigenvalue weighted by molar-refractivity contribution is 0.102. The van der Waals surface area contributed by atoms with Crippen molar-refractivity contribution < 1.29 is 13.9 Å². The molecule has 4 aromatic rings. The first-order valence-electron chi connectivity index (χ1n) is 8.77. The third-order valence-corrected chi connectivity index (χ3v) is 3.96. The number of nitrogens with one attached hydrogen (secondary N) is 1. The van der Waals surface area contributed by atoms with Crippen LogP contribution in [0.4, 0.5) is 6.01 Å². The predicted molar refractivity (Wildman–Crippen MR) is 104 cm³/mol. The fourth-order valence-electron chi connectivity index (χ4n) is 2.64. The zero-order valence-electron chi connectivity index (χ0n) is 14.9. The van der Waals surface area contributed by atoms with Crippen molar-refractivity contribution >= 4 is 11.9 Å². The van der Waals surface area contributed by atoms with Crippen LogP contribution in [-0.2, 0) is 6.42 Å². The third kappa shape index (κ3) is 4.42. The Morgan fingerprint density at radius 1 is 0.857 bits per heavy atom. The molecular formula is C22H17N3O3. The highest BCUT2D eigenvalue weighted by Gasteiger charge is 2.13. The molecule has 138 valence electrons. The van der Waals surface area contributed by atoms with Crippen LogP contribution >= 0.6 is 0 Å². The summed E-state index contributed by atoms with van der Waals surface area (Å²) in [5.41, 5.74) is 1.48. The lowest BCUT2D eigenvalue weighted by Gasteiger charge is -2.07. The fourth-order valence-corrected chi connectivity index (χ4v) is 2.64. The van der Waals surface area contributed by atoms with Crippen LogP contribution in [0.15, 0.2) is 89.3 Å². The number of hydrogen-bond acceptors (Lipinski definition) is 5. The topological polar surface area (TPSA) is 77.3 Å². The summed E-state index contributed by atoms with van der Waals surface area (Å²) >= 11 is 0. The molecule has 4 rings (SSSR count). The van der Waals surface area contributed by atoms with Crippen LogP contribution in [0.5, 0.6) is 11.5 Å². The molecule has 1 amide bonds. The van der Waals surface area contributed by atoms with E-state index < -0.39 is 0 Å². The largest absolute Gasteiger partial charge is 0.457 e. The Labute approximate surface area is 161 Å². The summed E-state index contributed by atoms with van der Waals surface area (Å²) in [5, 5.41) is 10.5. The highest BCUT2D eigenvalue weighted by molar-refractivity contribution is 6.03. The molecular weight excluding hydrogens is 354 g/mol. The Morgan fingerprint density at radius 3 is 2.36 bits per heavy atom. The number of aromatic nitrogens is 2. The number of hydrogen-bond donors (Lipinski definition) is 1. The SMILES string of the molecule is O=C(Nc1nnc(Cc2ccccc2)o1)c1cccc(Oc2ccccc2)c1. The maximum atomic E-state index is 12.5. The molecule has 1 N–H and O–H groups in total. The second kappa shape index (κ2) is 8.18. The van der Waals surface area contributed by atoms with Crippen molar-refractivity contribution in [3.63, 3.8) is 0 Å². The van der Waals surface area contributed by atoms with Gasteiger partial charge in [-0.2, -0.15) is 0 Å². The van der Waals surface area contributed by atoms with E-state index in [1.54, 1.807) is 24.3 Å². The lowest BCUT2D eigenvalue weighted by Crippen LogP contribution is -2.12. The molecule has 0 unspecified atom stereocenters. The van der Waals surface area contributed by atoms with Gasteiger partial charge in [0.15, 0.2) is 0 Å². The number of nitrogens with zero attached hydrogens (tertiary/aromatic N) is 2. The number of benzene rings is 3. The van der Waals surface area contributed by atoms with Gasteiger partial charge in [-0.15, -0.1) is 5.10 Å². The van der Waals surface area contributed by atoms with Crippen LogP contribution in [-0.4, -0.2) is 16.1 Å². The Balaban J connectivity index is 1.42. The Morgan fingerprint density at radius 2 is 1.57 bits per heavy atom. The van der Waals surface area contributed by atoms with Gasteiger partial charge in [-0.3, -0.25) is 10.1 Å². The van der Waals surface area contributed by atoms with E-state index in [2.05, 4.69) is 15.5 Å². The molecule has 3 aromatic carbocycles. The average molecular weight is 371 g/mol. The first-order chi connectivity index (χ1) is 13.8. The average Bonchev–Trinajstić information content (AvgIpc) is 3.16. The van der Waals surface area contributed by atoms with Crippen molar-refractivity contribution in [1.29, 1.82) is 0 Å². The molecule has 0 fully saturated rings. The molecule has 0 saturated carbocycles. The van der Waals surface area contributed by atoms with Crippen molar-refractivity contribution in [2.45, 2.75) is 6.42 Å². The van der Waals surface area contributed by atoms with Gasteiger partial charge < -0.3 is 9.15 Å². The first-order valence-corrected chi connectivity index (χ1v) is 8.77. The standard InChI is InChI=1S/C22H17N3O3/c26-21(17-10-7-13-19(15-17)27-18-11-5-2-6-12-18)23-22-25-24-20(28-22)14-16-8-3-1-4-9-16/h1-13,15H,14H2,(H,23,25,26). The number of ether oxygens (including phenoxy) is 1. The summed E-state index contributed by atoms with van der Waals surface area (Å²) in [6.07, 6.45) is 0.504. The number of carbonyl (C=O) groups excluding carboxylic acids is 1. The summed E-state index contributed by atoms with van der Waals surface area (Å²) in [5.74, 6) is 1.34. The van der Waals surface area contributed by atoms with Gasteiger partial charge in [-0.1, -0.05) is 59.7 Å². The zero-order chi connectivity index (χ0) is 19.2. The van der Waals surface area contributed by atoms with Crippen LogP contribution < -0.4 is 10.1 Å². The number of anilines is 1. The number of amides is 1. The van der Waals surface area contributed by atoms with Crippen LogP contribution in [0.25, 0.3) is 0 Å². The summed E-state index contributed by atoms with van der Waals surface area (Å²) < 4.78 is 11.3. The van der Waals surface area contributed by atoms with Crippen LogP contribution in [0.1, 0.15) is 21.8 Å². The van der Waals surface area contributed by atoms with Gasteiger partial charge >= 0.3 is 6.01 Å². The molecule has 0 spiro atoms. The Hall–Kier alpha value is -3.93. The monoisotopic (exact) mass is 371 g/mol. The summed E-state index contributed by atoms with van der Waals surface area (Å²) in [6, 6.07) is 26.1. The minimum absolute atomic E-state index is 0.0605. The molecule has 0 aliphatic rings. The lowest BCUT2D eigenvalue weighted by atomic mass is 10.2. The van der Waals surface area contributed by atoms with Crippen molar-refractivity contribution in [2.24, 2.45) is 0 Å². The van der Waals surface area contributed by atoms with E-state index in [9.17, 15) is 4.79 Å². The molecule has 28 heavy (non-hydrogen) atoms. The van der Waals surface area contributed by atoms with Crippen LogP contribution in [0, 0.1) is 0 Å². The van der Waals surface area contributed by atoms with E-state index in [1.807, 2.05) is 60.7 Å². The van der Waals surface area contributed by atoms with E-state index in [-0.39, 0.29) is 11.9 Å². The number of carbonyl (C=O) groups is 1. The van der Waals surface area contributed by atoms with Gasteiger partial charge in [0.1, 0.15) is 11.5 Å². The smallest absolute Gasteiger partial charge is 0.322 e. The molecule has 6 heteroatoms. The van der Waals surface area contributed by atoms with E-state index in [4.69, 9.17) is 9.15 Å². The fraction of sp³-hybridized carbons (Fsp3) is 0.0455. The van der Waals surface area contributed by atoms with Crippen LogP contribution in [0.2, 0.25) is 0 Å². The van der Waals surface area contributed by atoms with Crippen molar-refractivity contribution in [2.75, 3.05) is 5.32 Å². The van der Waals surface area contributed by atoms with Gasteiger partial charge in [0.05, 0.1) is 6.42 Å². The van der Waals surface area contributed by atoms with E-state index in [1.165, 1.54) is 0 Å². The van der Waals surface area contributed by atoms with Gasteiger partial charge in [-0.05, 0) is 35.9 Å². The van der Waals surface area contributed by atoms with Gasteiger partial charge in [-0.25, -0.2) is 0 Å². The minimum Gasteiger partial charge on any atom is -0.457 e. The molecule has 0 bridgehead atoms. The Bertz CT molecular complexity index is 1060. The molecule has 1 heterocycles. The summed E-state index contributed by atoms with van der Waals surface area (Å²) in [7, 11) is 0.